The summed E-state index contributed by atoms with van der Waals surface area (Å²) in [6.45, 7) is 1.83. The fourth-order valence-corrected chi connectivity index (χ4v) is 3.22. The molecule has 0 unspecified atom stereocenters. The molecule has 0 saturated carbocycles. The number of rotatable bonds is 6. The number of ether oxygens (including phenoxy) is 2. The van der Waals surface area contributed by atoms with Crippen molar-refractivity contribution >= 4 is 52.6 Å². The van der Waals surface area contributed by atoms with Crippen molar-refractivity contribution in [3.05, 3.63) is 71.6 Å². The number of anilines is 2. The molecular formula is C23H23ClN4O4. The molecule has 0 saturated heterocycles. The number of hydrogen-bond donors (Lipinski definition) is 2. The predicted molar refractivity (Wildman–Crippen MR) is 125 cm³/mol. The number of Topliss-reactive ketones (excluding diaryl/α,β-unsaturated/α-hetero) is 1. The minimum Gasteiger partial charge on any atom is -0.462 e. The van der Waals surface area contributed by atoms with Gasteiger partial charge in [0.15, 0.2) is 11.3 Å². The van der Waals surface area contributed by atoms with E-state index in [-0.39, 0.29) is 36.2 Å². The molecule has 3 aromatic rings. The zero-order valence-electron chi connectivity index (χ0n) is 17.8. The molecule has 166 valence electrons. The highest BCUT2D eigenvalue weighted by molar-refractivity contribution is 6.26. The van der Waals surface area contributed by atoms with Gasteiger partial charge in [-0.15, -0.1) is 12.4 Å². The Morgan fingerprint density at radius 2 is 2.00 bits per heavy atom. The number of nitrogens with zero attached hydrogens (tertiary/aromatic N) is 2. The van der Waals surface area contributed by atoms with E-state index < -0.39 is 11.8 Å². The van der Waals surface area contributed by atoms with Crippen LogP contribution >= 0.6 is 12.4 Å². The van der Waals surface area contributed by atoms with Crippen molar-refractivity contribution in [2.24, 2.45) is 0 Å². The first-order chi connectivity index (χ1) is 15.0. The number of benzene rings is 1. The van der Waals surface area contributed by atoms with Gasteiger partial charge in [0.05, 0.1) is 6.61 Å². The molecule has 2 N–H and O–H groups in total. The summed E-state index contributed by atoms with van der Waals surface area (Å²) < 4.78 is 10.9. The Hall–Kier alpha value is -3.78. The summed E-state index contributed by atoms with van der Waals surface area (Å²) in [4.78, 5) is 34.8. The Labute approximate surface area is 191 Å². The first kappa shape index (κ1) is 22.9. The van der Waals surface area contributed by atoms with Crippen LogP contribution in [0.3, 0.4) is 0 Å². The number of fused-ring (bicyclic) bond motifs is 1. The number of carbonyl (C=O) groups is 2. The maximum absolute atomic E-state index is 13.0. The van der Waals surface area contributed by atoms with Crippen LogP contribution in [0.2, 0.25) is 0 Å². The number of carbonyl (C=O) groups excluding carboxylic acids is 2. The minimum absolute atomic E-state index is 0. The quantitative estimate of drug-likeness (QED) is 0.331. The first-order valence-electron chi connectivity index (χ1n) is 9.80. The largest absolute Gasteiger partial charge is 0.462 e. The molecule has 0 spiro atoms. The molecule has 1 aromatic carbocycles. The van der Waals surface area contributed by atoms with E-state index in [1.807, 2.05) is 55.4 Å². The SMILES string of the molecule is CCOC(=O)C1=C(Nc2ccc(N(C)C)cc2)O/C(=C\c2c[nH]c3ncccc23)C1=O.Cl. The number of halogens is 1. The fraction of sp³-hybridized carbons (Fsp3) is 0.174. The minimum atomic E-state index is -0.732. The van der Waals surface area contributed by atoms with Crippen molar-refractivity contribution in [3.63, 3.8) is 0 Å². The number of aromatic nitrogens is 2. The van der Waals surface area contributed by atoms with E-state index in [1.54, 1.807) is 25.4 Å². The van der Waals surface area contributed by atoms with Gasteiger partial charge in [-0.2, -0.15) is 0 Å². The molecule has 0 atom stereocenters. The molecule has 0 radical (unpaired) electrons. The molecule has 1 aliphatic heterocycles. The van der Waals surface area contributed by atoms with Crippen molar-refractivity contribution in [1.29, 1.82) is 0 Å². The van der Waals surface area contributed by atoms with Crippen LogP contribution in [0.15, 0.2) is 66.0 Å². The zero-order valence-corrected chi connectivity index (χ0v) is 18.7. The second-order valence-electron chi connectivity index (χ2n) is 7.07. The average Bonchev–Trinajstić information content (AvgIpc) is 3.30. The summed E-state index contributed by atoms with van der Waals surface area (Å²) >= 11 is 0. The topological polar surface area (TPSA) is 96.6 Å². The number of ketones is 1. The summed E-state index contributed by atoms with van der Waals surface area (Å²) in [6.07, 6.45) is 5.00. The number of allylic oxidation sites excluding steroid dienone is 1. The lowest BCUT2D eigenvalue weighted by Gasteiger charge is -2.14. The Morgan fingerprint density at radius 1 is 1.25 bits per heavy atom. The molecule has 0 aliphatic carbocycles. The molecule has 0 amide bonds. The monoisotopic (exact) mass is 454 g/mol. The van der Waals surface area contributed by atoms with E-state index in [1.165, 1.54) is 0 Å². The van der Waals surface area contributed by atoms with Crippen LogP contribution in [0.5, 0.6) is 0 Å². The zero-order chi connectivity index (χ0) is 22.0. The van der Waals surface area contributed by atoms with Gasteiger partial charge in [0.1, 0.15) is 5.65 Å². The van der Waals surface area contributed by atoms with Gasteiger partial charge in [-0.25, -0.2) is 9.78 Å². The lowest BCUT2D eigenvalue weighted by atomic mass is 10.1. The standard InChI is InChI=1S/C23H22N4O4.ClH/c1-4-30-23(29)19-20(28)18(12-14-13-25-21-17(14)6-5-11-24-21)31-22(19)26-15-7-9-16(10-8-15)27(2)3;/h5-13,26H,4H2,1-3H3,(H,24,25);1H/b18-12-;. The molecule has 3 heterocycles. The Balaban J connectivity index is 0.00000289. The number of aromatic amines is 1. The van der Waals surface area contributed by atoms with Gasteiger partial charge in [0.25, 0.3) is 0 Å². The van der Waals surface area contributed by atoms with E-state index in [0.29, 0.717) is 11.3 Å². The highest BCUT2D eigenvalue weighted by Crippen LogP contribution is 2.30. The fourth-order valence-electron chi connectivity index (χ4n) is 3.22. The molecule has 32 heavy (non-hydrogen) atoms. The second kappa shape index (κ2) is 9.57. The van der Waals surface area contributed by atoms with Crippen molar-refractivity contribution in [3.8, 4) is 0 Å². The molecule has 4 rings (SSSR count). The Kier molecular flexibility index (Phi) is 6.85. The molecule has 2 aromatic heterocycles. The van der Waals surface area contributed by atoms with Crippen LogP contribution in [0.1, 0.15) is 12.5 Å². The van der Waals surface area contributed by atoms with Crippen LogP contribution in [0.4, 0.5) is 11.4 Å². The summed E-state index contributed by atoms with van der Waals surface area (Å²) in [5, 5.41) is 3.87. The van der Waals surface area contributed by atoms with Gasteiger partial charge in [-0.3, -0.25) is 4.79 Å². The van der Waals surface area contributed by atoms with E-state index in [4.69, 9.17) is 9.47 Å². The highest BCUT2D eigenvalue weighted by Gasteiger charge is 2.37. The number of hydrogen-bond acceptors (Lipinski definition) is 7. The van der Waals surface area contributed by atoms with Crippen LogP contribution in [-0.4, -0.2) is 42.4 Å². The first-order valence-corrected chi connectivity index (χ1v) is 9.80. The second-order valence-corrected chi connectivity index (χ2v) is 7.07. The molecule has 0 fully saturated rings. The van der Waals surface area contributed by atoms with Crippen LogP contribution in [0, 0.1) is 0 Å². The van der Waals surface area contributed by atoms with Crippen molar-refractivity contribution in [2.75, 3.05) is 30.9 Å². The predicted octanol–water partition coefficient (Wildman–Crippen LogP) is 3.88. The van der Waals surface area contributed by atoms with Gasteiger partial charge in [0.2, 0.25) is 11.7 Å². The summed E-state index contributed by atoms with van der Waals surface area (Å²) in [5.74, 6) is -1.20. The maximum atomic E-state index is 13.0. The third-order valence-electron chi connectivity index (χ3n) is 4.78. The number of nitrogens with one attached hydrogen (secondary N) is 2. The highest BCUT2D eigenvalue weighted by atomic mass is 35.5. The van der Waals surface area contributed by atoms with Gasteiger partial charge in [-0.1, -0.05) is 0 Å². The molecule has 1 aliphatic rings. The van der Waals surface area contributed by atoms with Crippen LogP contribution in [0.25, 0.3) is 17.1 Å². The Morgan fingerprint density at radius 3 is 2.69 bits per heavy atom. The number of pyridine rings is 1. The number of esters is 1. The van der Waals surface area contributed by atoms with Gasteiger partial charge in [0, 0.05) is 48.8 Å². The summed E-state index contributed by atoms with van der Waals surface area (Å²) in [7, 11) is 3.89. The van der Waals surface area contributed by atoms with Crippen molar-refractivity contribution < 1.29 is 19.1 Å². The van der Waals surface area contributed by atoms with Gasteiger partial charge in [-0.05, 0) is 49.4 Å². The summed E-state index contributed by atoms with van der Waals surface area (Å²) in [6, 6.07) is 11.2. The summed E-state index contributed by atoms with van der Waals surface area (Å²) in [5.41, 5.74) is 2.95. The lowest BCUT2D eigenvalue weighted by molar-refractivity contribution is -0.139. The van der Waals surface area contributed by atoms with E-state index in [0.717, 1.165) is 16.6 Å². The third-order valence-corrected chi connectivity index (χ3v) is 4.78. The van der Waals surface area contributed by atoms with Gasteiger partial charge < -0.3 is 24.7 Å². The molecule has 8 nitrogen and oxygen atoms in total. The maximum Gasteiger partial charge on any atom is 0.347 e. The van der Waals surface area contributed by atoms with E-state index in [2.05, 4.69) is 15.3 Å². The lowest BCUT2D eigenvalue weighted by Crippen LogP contribution is -2.16. The number of H-pyrrole nitrogens is 1. The Bertz CT molecular complexity index is 1210. The van der Waals surface area contributed by atoms with E-state index in [9.17, 15) is 9.59 Å². The molecule has 0 bridgehead atoms. The molecule has 9 heteroatoms. The van der Waals surface area contributed by atoms with Crippen molar-refractivity contribution in [1.82, 2.24) is 9.97 Å². The van der Waals surface area contributed by atoms with E-state index >= 15 is 0 Å². The molecular weight excluding hydrogens is 432 g/mol. The smallest absolute Gasteiger partial charge is 0.347 e. The normalized spacial score (nSPS) is 14.3. The van der Waals surface area contributed by atoms with Crippen LogP contribution < -0.4 is 10.2 Å². The third kappa shape index (κ3) is 4.45. The van der Waals surface area contributed by atoms with Gasteiger partial charge >= 0.3 is 5.97 Å². The average molecular weight is 455 g/mol. The van der Waals surface area contributed by atoms with Crippen LogP contribution in [-0.2, 0) is 19.1 Å². The van der Waals surface area contributed by atoms with Crippen molar-refractivity contribution in [2.45, 2.75) is 6.92 Å².